The molecule has 8 heteroatoms. The van der Waals surface area contributed by atoms with Crippen LogP contribution in [0.1, 0.15) is 39.5 Å². The number of aromatic nitrogens is 2. The van der Waals surface area contributed by atoms with E-state index in [1.807, 2.05) is 37.3 Å². The van der Waals surface area contributed by atoms with Gasteiger partial charge in [0, 0.05) is 6.20 Å². The van der Waals surface area contributed by atoms with Crippen LogP contribution >= 0.6 is 11.3 Å². The summed E-state index contributed by atoms with van der Waals surface area (Å²) in [4.78, 5) is 12.9. The first-order valence-electron chi connectivity index (χ1n) is 7.87. The van der Waals surface area contributed by atoms with Crippen molar-refractivity contribution >= 4 is 17.2 Å². The van der Waals surface area contributed by atoms with Crippen LogP contribution in [0.25, 0.3) is 0 Å². The van der Waals surface area contributed by atoms with Crippen LogP contribution in [0.4, 0.5) is 13.2 Å². The van der Waals surface area contributed by atoms with E-state index in [0.29, 0.717) is 4.88 Å². The van der Waals surface area contributed by atoms with Gasteiger partial charge in [-0.3, -0.25) is 9.48 Å². The van der Waals surface area contributed by atoms with Crippen molar-refractivity contribution in [3.8, 4) is 0 Å². The van der Waals surface area contributed by atoms with Gasteiger partial charge in [-0.05, 0) is 35.6 Å². The predicted molar refractivity (Wildman–Crippen MR) is 93.0 cm³/mol. The maximum absolute atomic E-state index is 12.6. The summed E-state index contributed by atoms with van der Waals surface area (Å²) in [6.07, 6.45) is -3.18. The third-order valence-corrected chi connectivity index (χ3v) is 4.78. The number of hydrogen-bond donors (Lipinski definition) is 1. The van der Waals surface area contributed by atoms with Gasteiger partial charge in [0.15, 0.2) is 5.69 Å². The summed E-state index contributed by atoms with van der Waals surface area (Å²) < 4.78 is 39.0. The Hall–Kier alpha value is -2.61. The minimum Gasteiger partial charge on any atom is -0.345 e. The standard InChI is InChI=1S/C18H16F3N3OS/c1-12(14-5-3-2-4-6-14)22-17(25)15-9-13(11-26-15)10-24-8-7-16(23-24)18(19,20)21/h2-9,11-12H,10H2,1H3,(H,22,25). The Kier molecular flexibility index (Phi) is 5.13. The first-order valence-corrected chi connectivity index (χ1v) is 8.75. The van der Waals surface area contributed by atoms with Crippen LogP contribution in [0.15, 0.2) is 54.0 Å². The fraction of sp³-hybridized carbons (Fsp3) is 0.222. The molecule has 0 fully saturated rings. The van der Waals surface area contributed by atoms with Crippen molar-refractivity contribution in [3.63, 3.8) is 0 Å². The Morgan fingerprint density at radius 1 is 1.27 bits per heavy atom. The molecule has 2 aromatic heterocycles. The molecule has 1 amide bonds. The molecule has 1 aromatic carbocycles. The highest BCUT2D eigenvalue weighted by Gasteiger charge is 2.33. The van der Waals surface area contributed by atoms with Crippen LogP contribution in [0.5, 0.6) is 0 Å². The molecule has 0 radical (unpaired) electrons. The molecule has 0 saturated carbocycles. The summed E-state index contributed by atoms with van der Waals surface area (Å²) in [5.41, 5.74) is 0.792. The van der Waals surface area contributed by atoms with Gasteiger partial charge in [0.1, 0.15) is 0 Å². The van der Waals surface area contributed by atoms with E-state index in [2.05, 4.69) is 10.4 Å². The monoisotopic (exact) mass is 379 g/mol. The lowest BCUT2D eigenvalue weighted by Crippen LogP contribution is -2.25. The average Bonchev–Trinajstić information content (AvgIpc) is 3.25. The van der Waals surface area contributed by atoms with E-state index < -0.39 is 11.9 Å². The number of nitrogens with one attached hydrogen (secondary N) is 1. The normalized spacial score (nSPS) is 12.8. The Morgan fingerprint density at radius 3 is 2.65 bits per heavy atom. The molecule has 136 valence electrons. The molecule has 4 nitrogen and oxygen atoms in total. The zero-order valence-electron chi connectivity index (χ0n) is 13.8. The van der Waals surface area contributed by atoms with Gasteiger partial charge in [-0.25, -0.2) is 0 Å². The number of carbonyl (C=O) groups excluding carboxylic acids is 1. The van der Waals surface area contributed by atoms with E-state index in [-0.39, 0.29) is 18.5 Å². The summed E-state index contributed by atoms with van der Waals surface area (Å²) in [7, 11) is 0. The van der Waals surface area contributed by atoms with Gasteiger partial charge in [0.05, 0.1) is 17.5 Å². The van der Waals surface area contributed by atoms with E-state index in [1.54, 1.807) is 11.4 Å². The summed E-state index contributed by atoms with van der Waals surface area (Å²) in [5, 5.41) is 8.18. The smallest absolute Gasteiger partial charge is 0.345 e. The van der Waals surface area contributed by atoms with Crippen LogP contribution in [0, 0.1) is 0 Å². The highest BCUT2D eigenvalue weighted by Crippen LogP contribution is 2.27. The largest absolute Gasteiger partial charge is 0.435 e. The van der Waals surface area contributed by atoms with E-state index in [9.17, 15) is 18.0 Å². The fourth-order valence-electron chi connectivity index (χ4n) is 2.46. The van der Waals surface area contributed by atoms with Crippen molar-refractivity contribution < 1.29 is 18.0 Å². The molecule has 2 heterocycles. The van der Waals surface area contributed by atoms with Crippen molar-refractivity contribution in [3.05, 3.63) is 75.7 Å². The molecule has 3 aromatic rings. The average molecular weight is 379 g/mol. The second-order valence-electron chi connectivity index (χ2n) is 5.82. The fourth-order valence-corrected chi connectivity index (χ4v) is 3.26. The molecule has 0 saturated heterocycles. The minimum atomic E-state index is -4.46. The van der Waals surface area contributed by atoms with E-state index >= 15 is 0 Å². The topological polar surface area (TPSA) is 46.9 Å². The minimum absolute atomic E-state index is 0.144. The first-order chi connectivity index (χ1) is 12.3. The highest BCUT2D eigenvalue weighted by molar-refractivity contribution is 7.12. The SMILES string of the molecule is CC(NC(=O)c1cc(Cn2ccc(C(F)(F)F)n2)cs1)c1ccccc1. The number of hydrogen-bond acceptors (Lipinski definition) is 3. The van der Waals surface area contributed by atoms with E-state index in [4.69, 9.17) is 0 Å². The maximum Gasteiger partial charge on any atom is 0.435 e. The molecule has 0 bridgehead atoms. The lowest BCUT2D eigenvalue weighted by Gasteiger charge is -2.13. The van der Waals surface area contributed by atoms with Crippen LogP contribution in [-0.2, 0) is 12.7 Å². The van der Waals surface area contributed by atoms with Gasteiger partial charge in [-0.2, -0.15) is 18.3 Å². The van der Waals surface area contributed by atoms with Crippen LogP contribution in [0.3, 0.4) is 0 Å². The molecular formula is C18H16F3N3OS. The summed E-state index contributed by atoms with van der Waals surface area (Å²) in [6, 6.07) is 12.0. The van der Waals surface area contributed by atoms with Gasteiger partial charge in [0.2, 0.25) is 0 Å². The maximum atomic E-state index is 12.6. The lowest BCUT2D eigenvalue weighted by atomic mass is 10.1. The molecule has 26 heavy (non-hydrogen) atoms. The van der Waals surface area contributed by atoms with Gasteiger partial charge in [-0.1, -0.05) is 30.3 Å². The van der Waals surface area contributed by atoms with Gasteiger partial charge >= 0.3 is 6.18 Å². The van der Waals surface area contributed by atoms with Crippen molar-refractivity contribution in [2.75, 3.05) is 0 Å². The number of amides is 1. The quantitative estimate of drug-likeness (QED) is 0.709. The molecule has 0 aliphatic heterocycles. The predicted octanol–water partition coefficient (Wildman–Crippen LogP) is 4.50. The van der Waals surface area contributed by atoms with Crippen LogP contribution in [0.2, 0.25) is 0 Å². The van der Waals surface area contributed by atoms with Crippen molar-refractivity contribution in [1.29, 1.82) is 0 Å². The number of carbonyl (C=O) groups is 1. The molecule has 0 aliphatic carbocycles. The summed E-state index contributed by atoms with van der Waals surface area (Å²) in [5.74, 6) is -0.214. The summed E-state index contributed by atoms with van der Waals surface area (Å²) >= 11 is 1.25. The second-order valence-corrected chi connectivity index (χ2v) is 6.73. The molecule has 1 N–H and O–H groups in total. The third-order valence-electron chi connectivity index (χ3n) is 3.80. The van der Waals surface area contributed by atoms with Gasteiger partial charge in [-0.15, -0.1) is 11.3 Å². The Bertz CT molecular complexity index is 886. The number of halogens is 3. The summed E-state index contributed by atoms with van der Waals surface area (Å²) in [6.45, 7) is 2.07. The van der Waals surface area contributed by atoms with Gasteiger partial charge in [0.25, 0.3) is 5.91 Å². The first kappa shape index (κ1) is 18.2. The Balaban J connectivity index is 1.64. The molecule has 0 spiro atoms. The number of rotatable bonds is 5. The van der Waals surface area contributed by atoms with Crippen molar-refractivity contribution in [2.45, 2.75) is 25.7 Å². The number of benzene rings is 1. The Morgan fingerprint density at radius 2 is 2.00 bits per heavy atom. The molecule has 1 unspecified atom stereocenters. The van der Waals surface area contributed by atoms with E-state index in [0.717, 1.165) is 17.2 Å². The van der Waals surface area contributed by atoms with Crippen molar-refractivity contribution in [1.82, 2.24) is 15.1 Å². The second kappa shape index (κ2) is 7.33. The number of thiophene rings is 1. The van der Waals surface area contributed by atoms with Crippen LogP contribution < -0.4 is 5.32 Å². The van der Waals surface area contributed by atoms with Crippen LogP contribution in [-0.4, -0.2) is 15.7 Å². The highest BCUT2D eigenvalue weighted by atomic mass is 32.1. The molecule has 1 atom stereocenters. The van der Waals surface area contributed by atoms with Crippen molar-refractivity contribution in [2.24, 2.45) is 0 Å². The number of alkyl halides is 3. The van der Waals surface area contributed by atoms with Gasteiger partial charge < -0.3 is 5.32 Å². The zero-order valence-corrected chi connectivity index (χ0v) is 14.6. The zero-order chi connectivity index (χ0) is 18.7. The Labute approximate surface area is 152 Å². The lowest BCUT2D eigenvalue weighted by molar-refractivity contribution is -0.141. The molecular weight excluding hydrogens is 363 g/mol. The third kappa shape index (κ3) is 4.32. The van der Waals surface area contributed by atoms with E-state index in [1.165, 1.54) is 22.2 Å². The number of nitrogens with zero attached hydrogens (tertiary/aromatic N) is 2. The molecule has 3 rings (SSSR count). The molecule has 0 aliphatic rings.